The molecule has 2 rings (SSSR count). The number of rotatable bonds is 16. The fourth-order valence-corrected chi connectivity index (χ4v) is 7.55. The van der Waals surface area contributed by atoms with Crippen LogP contribution in [-0.4, -0.2) is 137 Å². The van der Waals surface area contributed by atoms with Crippen molar-refractivity contribution >= 4 is 59.2 Å². The fourth-order valence-electron chi connectivity index (χ4n) is 7.55. The van der Waals surface area contributed by atoms with Crippen molar-refractivity contribution in [3.05, 3.63) is 72.0 Å². The van der Waals surface area contributed by atoms with Crippen LogP contribution in [0.5, 0.6) is 0 Å². The number of carbonyl (C=O) groups excluding carboxylic acids is 7. The first-order valence-electron chi connectivity index (χ1n) is 24.0. The number of methoxy groups -OCH3 is 1. The monoisotopic (exact) mass is 1010 g/mol. The molecular formula is C50H76N10O12. The largest absolute Gasteiger partial charge is 0.480 e. The molecule has 0 radical (unpaired) electrons. The van der Waals surface area contributed by atoms with Crippen LogP contribution in [0, 0.1) is 23.7 Å². The Balaban J connectivity index is 2.74. The number of amides is 7. The van der Waals surface area contributed by atoms with Gasteiger partial charge < -0.3 is 63.2 Å². The highest BCUT2D eigenvalue weighted by Crippen LogP contribution is 2.19. The maximum Gasteiger partial charge on any atom is 0.327 e. The van der Waals surface area contributed by atoms with Gasteiger partial charge in [0, 0.05) is 33.0 Å². The van der Waals surface area contributed by atoms with Crippen LogP contribution in [0.3, 0.4) is 0 Å². The number of allylic oxidation sites excluding steroid dienone is 2. The zero-order valence-corrected chi connectivity index (χ0v) is 42.9. The first-order chi connectivity index (χ1) is 33.8. The van der Waals surface area contributed by atoms with E-state index in [1.165, 1.54) is 33.9 Å². The number of ether oxygens (including phenoxy) is 1. The van der Waals surface area contributed by atoms with E-state index in [1.54, 1.807) is 27.0 Å². The number of carbonyl (C=O) groups is 9. The number of nitrogens with one attached hydrogen (secondary N) is 6. The molecule has 7 amide bonds. The molecule has 12 N–H and O–H groups in total. The van der Waals surface area contributed by atoms with Crippen LogP contribution < -0.4 is 43.4 Å². The number of hydrogen-bond donors (Lipinski definition) is 10. The van der Waals surface area contributed by atoms with E-state index in [0.717, 1.165) is 10.5 Å². The van der Waals surface area contributed by atoms with E-state index in [2.05, 4.69) is 43.5 Å². The van der Waals surface area contributed by atoms with E-state index in [9.17, 15) is 53.4 Å². The second kappa shape index (κ2) is 29.9. The van der Waals surface area contributed by atoms with Crippen LogP contribution in [0.4, 0.5) is 0 Å². The molecule has 0 aromatic heterocycles. The molecule has 0 saturated carbocycles. The van der Waals surface area contributed by atoms with E-state index in [-0.39, 0.29) is 49.7 Å². The van der Waals surface area contributed by atoms with Crippen molar-refractivity contribution in [3.63, 3.8) is 0 Å². The standard InChI is InChI=1S/C50H76N10O12/c1-11-27(2)25-38-47(67)59-41(49(70)71)31(6)43(63)56-36(18-15-23-53-50(51)52)46(66)55-35(20-19-28(3)24-29(4)39(72-10)26-34-16-13-12-14-17-34)30(5)42(62)57-37(48(68)69)21-22-40(61)60(9)33(8)45(65)54-32(7)44(64)58-38/h12-14,16-17,19-20,24,27,29-32,35-39,41H,8,11,15,18,21-23,25-26H2,1-7,9-10H3,(H,54,65)(H,55,66)(H,56,63)(H,57,62)(H,58,64)(H,59,67)(H,68,69)(H,70,71)(H4,51,52,53)/b20-19+,28-24+/t27-,29-,30-,31-,32+,35-,36-,37+,38-,39-,41+/m0/s1. The number of aliphatic carboxylic acids is 2. The third-order valence-corrected chi connectivity index (χ3v) is 12.6. The zero-order valence-electron chi connectivity index (χ0n) is 42.9. The van der Waals surface area contributed by atoms with Crippen molar-refractivity contribution in [3.8, 4) is 0 Å². The summed E-state index contributed by atoms with van der Waals surface area (Å²) >= 11 is 0. The number of carboxylic acids is 2. The maximum atomic E-state index is 14.4. The van der Waals surface area contributed by atoms with Crippen LogP contribution in [0.25, 0.3) is 0 Å². The number of carboxylic acid groups (broad SMARTS) is 2. The number of benzene rings is 1. The Morgan fingerprint density at radius 2 is 1.47 bits per heavy atom. The summed E-state index contributed by atoms with van der Waals surface area (Å²) in [7, 11) is 2.83. The Kier molecular flexibility index (Phi) is 25.4. The quantitative estimate of drug-likeness (QED) is 0.0364. The molecule has 1 heterocycles. The van der Waals surface area contributed by atoms with Gasteiger partial charge in [0.1, 0.15) is 35.9 Å². The van der Waals surface area contributed by atoms with Crippen molar-refractivity contribution in [2.24, 2.45) is 40.1 Å². The summed E-state index contributed by atoms with van der Waals surface area (Å²) in [5, 5.41) is 35.6. The first-order valence-corrected chi connectivity index (χ1v) is 24.0. The highest BCUT2D eigenvalue weighted by molar-refractivity contribution is 6.00. The lowest BCUT2D eigenvalue weighted by atomic mass is 9.94. The molecule has 1 fully saturated rings. The normalized spacial score (nSPS) is 25.5. The molecule has 1 aromatic carbocycles. The summed E-state index contributed by atoms with van der Waals surface area (Å²) in [5.74, 6) is -12.5. The molecule has 22 nitrogen and oxygen atoms in total. The van der Waals surface area contributed by atoms with E-state index in [0.29, 0.717) is 18.4 Å². The molecule has 0 bridgehead atoms. The summed E-state index contributed by atoms with van der Waals surface area (Å²) < 4.78 is 5.82. The smallest absolute Gasteiger partial charge is 0.327 e. The van der Waals surface area contributed by atoms with Crippen LogP contribution >= 0.6 is 0 Å². The summed E-state index contributed by atoms with van der Waals surface area (Å²) in [4.78, 5) is 126. The minimum Gasteiger partial charge on any atom is -0.480 e. The average molecular weight is 1010 g/mol. The van der Waals surface area contributed by atoms with Gasteiger partial charge in [-0.15, -0.1) is 0 Å². The number of hydrogen-bond acceptors (Lipinski definition) is 11. The molecule has 11 atom stereocenters. The molecular weight excluding hydrogens is 933 g/mol. The van der Waals surface area contributed by atoms with Crippen molar-refractivity contribution in [1.29, 1.82) is 0 Å². The third kappa shape index (κ3) is 20.0. The van der Waals surface area contributed by atoms with Gasteiger partial charge in [-0.1, -0.05) is 102 Å². The minimum atomic E-state index is -1.88. The van der Waals surface area contributed by atoms with Gasteiger partial charge in [0.05, 0.1) is 24.0 Å². The average Bonchev–Trinajstić information content (AvgIpc) is 3.33. The maximum absolute atomic E-state index is 14.4. The predicted molar refractivity (Wildman–Crippen MR) is 269 cm³/mol. The molecule has 22 heteroatoms. The van der Waals surface area contributed by atoms with Crippen molar-refractivity contribution in [1.82, 2.24) is 36.8 Å². The van der Waals surface area contributed by atoms with Gasteiger partial charge in [-0.05, 0) is 57.4 Å². The molecule has 0 aliphatic carbocycles. The fraction of sp³-hybridized carbons (Fsp3) is 0.560. The topological polar surface area (TPSA) is 343 Å². The van der Waals surface area contributed by atoms with Gasteiger partial charge in [0.25, 0.3) is 5.91 Å². The SMILES string of the molecule is C=C1C(=O)N[C@H](C)C(=O)N[C@@H](C[C@@H](C)CC)C(=O)N[C@@H](C(=O)O)[C@H](C)C(=O)N[C@@H](CCCN=C(N)N)C(=O)N[C@@H](/C=C/C(C)=C/[C@H](C)[C@H](Cc2ccccc2)OC)[C@H](C)C(=O)N[C@@H](C(=O)O)CCC(=O)N1C. The molecule has 0 spiro atoms. The van der Waals surface area contributed by atoms with Crippen LogP contribution in [0.15, 0.2) is 71.4 Å². The molecule has 398 valence electrons. The predicted octanol–water partition coefficient (Wildman–Crippen LogP) is 1.01. The Morgan fingerprint density at radius 1 is 0.861 bits per heavy atom. The van der Waals surface area contributed by atoms with Gasteiger partial charge in [0.2, 0.25) is 35.4 Å². The van der Waals surface area contributed by atoms with Crippen LogP contribution in [0.2, 0.25) is 0 Å². The highest BCUT2D eigenvalue weighted by Gasteiger charge is 2.37. The van der Waals surface area contributed by atoms with Gasteiger partial charge in [-0.3, -0.25) is 38.6 Å². The number of nitrogens with two attached hydrogens (primary N) is 2. The number of guanidine groups is 1. The molecule has 1 aliphatic rings. The number of likely N-dealkylation sites (N-methyl/N-ethyl adjacent to an activating group) is 1. The third-order valence-electron chi connectivity index (χ3n) is 12.6. The molecule has 72 heavy (non-hydrogen) atoms. The summed E-state index contributed by atoms with van der Waals surface area (Å²) in [6.45, 7) is 15.1. The second-order valence-electron chi connectivity index (χ2n) is 18.4. The zero-order chi connectivity index (χ0) is 54.4. The van der Waals surface area contributed by atoms with E-state index >= 15 is 0 Å². The second-order valence-corrected chi connectivity index (χ2v) is 18.4. The van der Waals surface area contributed by atoms with Crippen molar-refractivity contribution in [2.75, 3.05) is 20.7 Å². The van der Waals surface area contributed by atoms with E-state index in [4.69, 9.17) is 16.2 Å². The Morgan fingerprint density at radius 3 is 2.06 bits per heavy atom. The van der Waals surface area contributed by atoms with Crippen molar-refractivity contribution < 1.29 is 58.1 Å². The lowest BCUT2D eigenvalue weighted by molar-refractivity contribution is -0.146. The van der Waals surface area contributed by atoms with Gasteiger partial charge in [0.15, 0.2) is 5.96 Å². The lowest BCUT2D eigenvalue weighted by Gasteiger charge is -2.29. The molecule has 0 unspecified atom stereocenters. The lowest BCUT2D eigenvalue weighted by Crippen LogP contribution is -2.59. The summed E-state index contributed by atoms with van der Waals surface area (Å²) in [6, 6.07) is 1.01. The first kappa shape index (κ1) is 61.0. The van der Waals surface area contributed by atoms with Crippen LogP contribution in [0.1, 0.15) is 92.6 Å². The molecule has 1 saturated heterocycles. The van der Waals surface area contributed by atoms with Crippen LogP contribution in [-0.2, 0) is 54.3 Å². The Bertz CT molecular complexity index is 2180. The van der Waals surface area contributed by atoms with Gasteiger partial charge >= 0.3 is 11.9 Å². The van der Waals surface area contributed by atoms with Crippen molar-refractivity contribution in [2.45, 2.75) is 136 Å². The number of nitrogens with zero attached hydrogens (tertiary/aromatic N) is 2. The highest BCUT2D eigenvalue weighted by atomic mass is 16.5. The minimum absolute atomic E-state index is 0.0248. The van der Waals surface area contributed by atoms with E-state index in [1.807, 2.05) is 50.3 Å². The Labute approximate surface area is 421 Å². The molecule has 1 aliphatic heterocycles. The Hall–Kier alpha value is -7.10. The molecule has 1 aromatic rings. The van der Waals surface area contributed by atoms with Gasteiger partial charge in [-0.2, -0.15) is 0 Å². The summed E-state index contributed by atoms with van der Waals surface area (Å²) in [5.41, 5.74) is 12.4. The van der Waals surface area contributed by atoms with E-state index < -0.39 is 120 Å². The number of aliphatic imine (C=N–C) groups is 1. The van der Waals surface area contributed by atoms with Gasteiger partial charge in [-0.25, -0.2) is 9.59 Å². The summed E-state index contributed by atoms with van der Waals surface area (Å²) in [6.07, 6.45) is 5.23.